The number of aromatic amines is 1. The van der Waals surface area contributed by atoms with E-state index in [1.54, 1.807) is 6.33 Å². The SMILES string of the molecule is CC(CCNc1nc(Cl)nc2nc[nH]c12)c1ccccc1. The molecule has 5 nitrogen and oxygen atoms in total. The maximum Gasteiger partial charge on any atom is 0.226 e. The Balaban J connectivity index is 1.66. The highest BCUT2D eigenvalue weighted by Gasteiger charge is 2.09. The molecule has 2 heterocycles. The van der Waals surface area contributed by atoms with Crippen molar-refractivity contribution in [3.05, 3.63) is 47.5 Å². The average Bonchev–Trinajstić information content (AvgIpc) is 2.96. The summed E-state index contributed by atoms with van der Waals surface area (Å²) >= 11 is 5.90. The molecule has 0 spiro atoms. The van der Waals surface area contributed by atoms with Crippen LogP contribution in [0.5, 0.6) is 0 Å². The second-order valence-corrected chi connectivity index (χ2v) is 5.31. The zero-order valence-electron chi connectivity index (χ0n) is 11.7. The molecular formula is C15H16ClN5. The van der Waals surface area contributed by atoms with E-state index in [0.29, 0.717) is 17.4 Å². The van der Waals surface area contributed by atoms with Crippen molar-refractivity contribution in [2.45, 2.75) is 19.3 Å². The lowest BCUT2D eigenvalue weighted by Crippen LogP contribution is -2.08. The number of nitrogens with one attached hydrogen (secondary N) is 2. The largest absolute Gasteiger partial charge is 0.368 e. The molecule has 2 N–H and O–H groups in total. The summed E-state index contributed by atoms with van der Waals surface area (Å²) in [4.78, 5) is 15.4. The van der Waals surface area contributed by atoms with Crippen molar-refractivity contribution in [1.82, 2.24) is 19.9 Å². The zero-order chi connectivity index (χ0) is 14.7. The predicted molar refractivity (Wildman–Crippen MR) is 84.7 cm³/mol. The fourth-order valence-corrected chi connectivity index (χ4v) is 2.45. The highest BCUT2D eigenvalue weighted by molar-refractivity contribution is 6.28. The summed E-state index contributed by atoms with van der Waals surface area (Å²) in [6, 6.07) is 10.5. The lowest BCUT2D eigenvalue weighted by atomic mass is 9.98. The van der Waals surface area contributed by atoms with Crippen molar-refractivity contribution in [2.75, 3.05) is 11.9 Å². The van der Waals surface area contributed by atoms with Gasteiger partial charge in [-0.25, -0.2) is 4.98 Å². The zero-order valence-corrected chi connectivity index (χ0v) is 12.4. The molecule has 2 aromatic heterocycles. The molecule has 0 amide bonds. The average molecular weight is 302 g/mol. The minimum absolute atomic E-state index is 0.202. The van der Waals surface area contributed by atoms with Gasteiger partial charge >= 0.3 is 0 Å². The summed E-state index contributed by atoms with van der Waals surface area (Å²) in [5.74, 6) is 1.18. The molecule has 21 heavy (non-hydrogen) atoms. The van der Waals surface area contributed by atoms with Crippen LogP contribution in [0.2, 0.25) is 5.28 Å². The molecule has 0 aliphatic carbocycles. The lowest BCUT2D eigenvalue weighted by molar-refractivity contribution is 0.705. The quantitative estimate of drug-likeness (QED) is 0.706. The molecule has 0 bridgehead atoms. The Morgan fingerprint density at radius 1 is 1.24 bits per heavy atom. The van der Waals surface area contributed by atoms with E-state index in [4.69, 9.17) is 11.6 Å². The minimum Gasteiger partial charge on any atom is -0.368 e. The Kier molecular flexibility index (Phi) is 4.01. The van der Waals surface area contributed by atoms with Gasteiger partial charge in [0.25, 0.3) is 0 Å². The fourth-order valence-electron chi connectivity index (χ4n) is 2.29. The van der Waals surface area contributed by atoms with Gasteiger partial charge in [0.15, 0.2) is 11.5 Å². The van der Waals surface area contributed by atoms with Gasteiger partial charge in [-0.3, -0.25) is 0 Å². The van der Waals surface area contributed by atoms with Gasteiger partial charge in [0.05, 0.1) is 6.33 Å². The third-order valence-corrected chi connectivity index (χ3v) is 3.67. The Bertz CT molecular complexity index is 725. The third kappa shape index (κ3) is 3.13. The molecule has 1 atom stereocenters. The molecule has 3 rings (SSSR count). The second-order valence-electron chi connectivity index (χ2n) is 4.97. The summed E-state index contributed by atoms with van der Waals surface area (Å²) in [5, 5.41) is 3.51. The van der Waals surface area contributed by atoms with Crippen LogP contribution in [-0.2, 0) is 0 Å². The molecule has 1 unspecified atom stereocenters. The molecule has 0 saturated heterocycles. The van der Waals surface area contributed by atoms with Gasteiger partial charge in [-0.05, 0) is 29.5 Å². The summed E-state index contributed by atoms with van der Waals surface area (Å²) < 4.78 is 0. The van der Waals surface area contributed by atoms with E-state index in [0.717, 1.165) is 18.5 Å². The maximum absolute atomic E-state index is 5.90. The number of anilines is 1. The first-order valence-electron chi connectivity index (χ1n) is 6.89. The van der Waals surface area contributed by atoms with E-state index < -0.39 is 0 Å². The Morgan fingerprint density at radius 3 is 2.86 bits per heavy atom. The van der Waals surface area contributed by atoms with Crippen LogP contribution < -0.4 is 5.32 Å². The van der Waals surface area contributed by atoms with Crippen LogP contribution in [0.4, 0.5) is 5.82 Å². The van der Waals surface area contributed by atoms with Crippen LogP contribution in [0.15, 0.2) is 36.7 Å². The molecule has 108 valence electrons. The normalized spacial score (nSPS) is 12.5. The van der Waals surface area contributed by atoms with E-state index in [1.807, 2.05) is 6.07 Å². The smallest absolute Gasteiger partial charge is 0.226 e. The summed E-state index contributed by atoms with van der Waals surface area (Å²) in [6.07, 6.45) is 2.59. The molecule has 6 heteroatoms. The van der Waals surface area contributed by atoms with Crippen molar-refractivity contribution in [3.8, 4) is 0 Å². The number of imidazole rings is 1. The van der Waals surface area contributed by atoms with Crippen LogP contribution >= 0.6 is 11.6 Å². The van der Waals surface area contributed by atoms with Crippen molar-refractivity contribution in [1.29, 1.82) is 0 Å². The standard InChI is InChI=1S/C15H16ClN5/c1-10(11-5-3-2-4-6-11)7-8-17-13-12-14(19-9-18-12)21-15(16)20-13/h2-6,9-10H,7-8H2,1H3,(H2,17,18,19,20,21). The fraction of sp³-hybridized carbons (Fsp3) is 0.267. The maximum atomic E-state index is 5.90. The van der Waals surface area contributed by atoms with E-state index in [1.165, 1.54) is 5.56 Å². The van der Waals surface area contributed by atoms with Crippen LogP contribution in [0.25, 0.3) is 11.2 Å². The van der Waals surface area contributed by atoms with E-state index in [9.17, 15) is 0 Å². The molecule has 0 aliphatic heterocycles. The van der Waals surface area contributed by atoms with Gasteiger partial charge < -0.3 is 10.3 Å². The molecule has 0 saturated carbocycles. The number of halogens is 1. The van der Waals surface area contributed by atoms with E-state index in [2.05, 4.69) is 56.4 Å². The predicted octanol–water partition coefficient (Wildman–Crippen LogP) is 3.61. The molecule has 0 aliphatic rings. The number of hydrogen-bond donors (Lipinski definition) is 2. The Hall–Kier alpha value is -2.14. The van der Waals surface area contributed by atoms with Gasteiger partial charge in [-0.15, -0.1) is 0 Å². The molecule has 1 aromatic carbocycles. The van der Waals surface area contributed by atoms with E-state index in [-0.39, 0.29) is 5.28 Å². The number of fused-ring (bicyclic) bond motifs is 1. The van der Waals surface area contributed by atoms with Crippen molar-refractivity contribution < 1.29 is 0 Å². The number of hydrogen-bond acceptors (Lipinski definition) is 4. The Labute approximate surface area is 127 Å². The highest BCUT2D eigenvalue weighted by atomic mass is 35.5. The molecule has 0 radical (unpaired) electrons. The lowest BCUT2D eigenvalue weighted by Gasteiger charge is -2.13. The van der Waals surface area contributed by atoms with Crippen molar-refractivity contribution in [2.24, 2.45) is 0 Å². The topological polar surface area (TPSA) is 66.5 Å². The summed E-state index contributed by atoms with van der Waals surface area (Å²) in [7, 11) is 0. The number of H-pyrrole nitrogens is 1. The number of nitrogens with zero attached hydrogens (tertiary/aromatic N) is 3. The second kappa shape index (κ2) is 6.10. The summed E-state index contributed by atoms with van der Waals surface area (Å²) in [5.41, 5.74) is 2.70. The first-order chi connectivity index (χ1) is 10.2. The third-order valence-electron chi connectivity index (χ3n) is 3.50. The number of rotatable bonds is 5. The molecule has 3 aromatic rings. The van der Waals surface area contributed by atoms with Crippen LogP contribution in [0, 0.1) is 0 Å². The molecule has 0 fully saturated rings. The van der Waals surface area contributed by atoms with Crippen molar-refractivity contribution in [3.63, 3.8) is 0 Å². The first-order valence-corrected chi connectivity index (χ1v) is 7.27. The van der Waals surface area contributed by atoms with Gasteiger partial charge in [-0.2, -0.15) is 9.97 Å². The van der Waals surface area contributed by atoms with Gasteiger partial charge in [-0.1, -0.05) is 37.3 Å². The van der Waals surface area contributed by atoms with Crippen LogP contribution in [-0.4, -0.2) is 26.5 Å². The monoisotopic (exact) mass is 301 g/mol. The van der Waals surface area contributed by atoms with Gasteiger partial charge in [0.1, 0.15) is 5.52 Å². The van der Waals surface area contributed by atoms with E-state index >= 15 is 0 Å². The Morgan fingerprint density at radius 2 is 2.05 bits per heavy atom. The van der Waals surface area contributed by atoms with Gasteiger partial charge in [0, 0.05) is 6.54 Å². The first kappa shape index (κ1) is 13.8. The minimum atomic E-state index is 0.202. The molecular weight excluding hydrogens is 286 g/mol. The highest BCUT2D eigenvalue weighted by Crippen LogP contribution is 2.21. The van der Waals surface area contributed by atoms with Gasteiger partial charge in [0.2, 0.25) is 5.28 Å². The number of aromatic nitrogens is 4. The van der Waals surface area contributed by atoms with Crippen LogP contribution in [0.1, 0.15) is 24.8 Å². The van der Waals surface area contributed by atoms with Crippen molar-refractivity contribution >= 4 is 28.6 Å². The van der Waals surface area contributed by atoms with Crippen LogP contribution in [0.3, 0.4) is 0 Å². The number of benzene rings is 1. The summed E-state index contributed by atoms with van der Waals surface area (Å²) in [6.45, 7) is 3.02.